The van der Waals surface area contributed by atoms with Crippen LogP contribution in [0.15, 0.2) is 35.1 Å². The number of halogens is 2. The summed E-state index contributed by atoms with van der Waals surface area (Å²) in [5, 5.41) is 4.76. The van der Waals surface area contributed by atoms with Crippen molar-refractivity contribution in [3.8, 4) is 0 Å². The van der Waals surface area contributed by atoms with Crippen molar-refractivity contribution in [1.82, 2.24) is 9.78 Å². The fraction of sp³-hybridized carbons (Fsp3) is 0.182. The third-order valence-electron chi connectivity index (χ3n) is 2.38. The molecule has 5 heteroatoms. The van der Waals surface area contributed by atoms with Gasteiger partial charge in [0.25, 0.3) is 0 Å². The molecule has 0 radical (unpaired) electrons. The van der Waals surface area contributed by atoms with Crippen molar-refractivity contribution in [2.75, 3.05) is 0 Å². The monoisotopic (exact) mass is 299 g/mol. The molecule has 2 rings (SSSR count). The van der Waals surface area contributed by atoms with Gasteiger partial charge in [-0.25, -0.2) is 0 Å². The van der Waals surface area contributed by atoms with Crippen LogP contribution in [0.5, 0.6) is 0 Å². The molecule has 0 bridgehead atoms. The number of hydrogen-bond acceptors (Lipinski definition) is 2. The van der Waals surface area contributed by atoms with E-state index in [4.69, 9.17) is 17.3 Å². The third kappa shape index (κ3) is 2.29. The summed E-state index contributed by atoms with van der Waals surface area (Å²) in [6, 6.07) is 5.40. The Morgan fingerprint density at radius 3 is 2.88 bits per heavy atom. The van der Waals surface area contributed by atoms with Gasteiger partial charge in [-0.1, -0.05) is 27.5 Å². The molecule has 0 aliphatic carbocycles. The molecule has 0 saturated carbocycles. The van der Waals surface area contributed by atoms with Crippen LogP contribution in [0, 0.1) is 0 Å². The highest BCUT2D eigenvalue weighted by atomic mass is 79.9. The van der Waals surface area contributed by atoms with Crippen LogP contribution < -0.4 is 5.73 Å². The highest BCUT2D eigenvalue weighted by Crippen LogP contribution is 2.28. The van der Waals surface area contributed by atoms with Crippen LogP contribution in [0.1, 0.15) is 17.2 Å². The quantitative estimate of drug-likeness (QED) is 0.927. The second kappa shape index (κ2) is 4.57. The van der Waals surface area contributed by atoms with Crippen LogP contribution in [0.25, 0.3) is 0 Å². The minimum atomic E-state index is -0.251. The highest BCUT2D eigenvalue weighted by Gasteiger charge is 2.14. The first-order chi connectivity index (χ1) is 7.58. The average Bonchev–Trinajstić information content (AvgIpc) is 2.67. The summed E-state index contributed by atoms with van der Waals surface area (Å²) < 4.78 is 2.69. The molecule has 2 N–H and O–H groups in total. The summed E-state index contributed by atoms with van der Waals surface area (Å²) in [4.78, 5) is 0. The Balaban J connectivity index is 2.40. The first kappa shape index (κ1) is 11.6. The summed E-state index contributed by atoms with van der Waals surface area (Å²) in [7, 11) is 1.86. The van der Waals surface area contributed by atoms with Crippen molar-refractivity contribution >= 4 is 27.5 Å². The smallest absolute Gasteiger partial charge is 0.0598 e. The first-order valence-corrected chi connectivity index (χ1v) is 5.94. The molecule has 0 aliphatic rings. The average molecular weight is 301 g/mol. The Labute approximate surface area is 107 Å². The fourth-order valence-electron chi connectivity index (χ4n) is 1.53. The van der Waals surface area contributed by atoms with E-state index in [1.54, 1.807) is 10.9 Å². The minimum Gasteiger partial charge on any atom is -0.320 e. The van der Waals surface area contributed by atoms with Crippen molar-refractivity contribution in [1.29, 1.82) is 0 Å². The third-order valence-corrected chi connectivity index (χ3v) is 3.21. The van der Waals surface area contributed by atoms with Crippen molar-refractivity contribution < 1.29 is 0 Å². The highest BCUT2D eigenvalue weighted by molar-refractivity contribution is 9.10. The zero-order valence-corrected chi connectivity index (χ0v) is 11.0. The number of nitrogens with two attached hydrogens (primary N) is 1. The molecule has 84 valence electrons. The number of aromatic nitrogens is 2. The second-order valence-electron chi connectivity index (χ2n) is 3.59. The van der Waals surface area contributed by atoms with Gasteiger partial charge < -0.3 is 5.73 Å². The summed E-state index contributed by atoms with van der Waals surface area (Å²) in [5.74, 6) is 0. The molecule has 1 aromatic heterocycles. The van der Waals surface area contributed by atoms with Gasteiger partial charge in [-0.05, 0) is 23.8 Å². The fourth-order valence-corrected chi connectivity index (χ4v) is 2.15. The van der Waals surface area contributed by atoms with E-state index in [2.05, 4.69) is 21.0 Å². The summed E-state index contributed by atoms with van der Waals surface area (Å²) in [6.07, 6.45) is 3.64. The maximum atomic E-state index is 6.14. The van der Waals surface area contributed by atoms with Gasteiger partial charge in [-0.2, -0.15) is 5.10 Å². The molecule has 2 aromatic rings. The van der Waals surface area contributed by atoms with Gasteiger partial charge in [0.15, 0.2) is 0 Å². The number of nitrogens with zero attached hydrogens (tertiary/aromatic N) is 2. The molecule has 0 fully saturated rings. The Morgan fingerprint density at radius 1 is 1.50 bits per heavy atom. The SMILES string of the molecule is Cn1cc(C(N)c2cc(Br)ccc2Cl)cn1. The van der Waals surface area contributed by atoms with Crippen molar-refractivity contribution in [2.24, 2.45) is 12.8 Å². The van der Waals surface area contributed by atoms with Gasteiger partial charge in [-0.15, -0.1) is 0 Å². The van der Waals surface area contributed by atoms with Gasteiger partial charge >= 0.3 is 0 Å². The standard InChI is InChI=1S/C11H11BrClN3/c1-16-6-7(5-15-16)11(14)9-4-8(12)2-3-10(9)13/h2-6,11H,14H2,1H3. The normalized spacial score (nSPS) is 12.8. The molecule has 3 nitrogen and oxygen atoms in total. The lowest BCUT2D eigenvalue weighted by atomic mass is 10.0. The number of rotatable bonds is 2. The lowest BCUT2D eigenvalue weighted by molar-refractivity contribution is 0.765. The summed E-state index contributed by atoms with van der Waals surface area (Å²) >= 11 is 9.53. The van der Waals surface area contributed by atoms with E-state index in [1.807, 2.05) is 31.4 Å². The van der Waals surface area contributed by atoms with Gasteiger partial charge in [-0.3, -0.25) is 4.68 Å². The van der Waals surface area contributed by atoms with Crippen LogP contribution in [-0.4, -0.2) is 9.78 Å². The lowest BCUT2D eigenvalue weighted by Crippen LogP contribution is -2.11. The number of benzene rings is 1. The van der Waals surface area contributed by atoms with Crippen LogP contribution in [0.3, 0.4) is 0 Å². The van der Waals surface area contributed by atoms with E-state index in [9.17, 15) is 0 Å². The molecule has 1 unspecified atom stereocenters. The maximum Gasteiger partial charge on any atom is 0.0598 e. The molecule has 1 atom stereocenters. The van der Waals surface area contributed by atoms with E-state index in [1.165, 1.54) is 0 Å². The van der Waals surface area contributed by atoms with E-state index in [0.717, 1.165) is 15.6 Å². The molecule has 16 heavy (non-hydrogen) atoms. The van der Waals surface area contributed by atoms with Gasteiger partial charge in [0.05, 0.1) is 12.2 Å². The summed E-state index contributed by atoms with van der Waals surface area (Å²) in [6.45, 7) is 0. The maximum absolute atomic E-state index is 6.14. The molecule has 1 aromatic carbocycles. The Kier molecular flexibility index (Phi) is 3.33. The summed E-state index contributed by atoms with van der Waals surface area (Å²) in [5.41, 5.74) is 7.98. The van der Waals surface area contributed by atoms with E-state index >= 15 is 0 Å². The predicted molar refractivity (Wildman–Crippen MR) is 68.4 cm³/mol. The first-order valence-electron chi connectivity index (χ1n) is 4.77. The van der Waals surface area contributed by atoms with Crippen LogP contribution >= 0.6 is 27.5 Å². The molecular weight excluding hydrogens is 289 g/mol. The number of aryl methyl sites for hydroxylation is 1. The molecule has 0 amide bonds. The second-order valence-corrected chi connectivity index (χ2v) is 4.91. The Hall–Kier alpha value is -0.840. The van der Waals surface area contributed by atoms with E-state index in [-0.39, 0.29) is 6.04 Å². The Bertz CT molecular complexity index is 510. The number of hydrogen-bond donors (Lipinski definition) is 1. The van der Waals surface area contributed by atoms with E-state index < -0.39 is 0 Å². The van der Waals surface area contributed by atoms with Gasteiger partial charge in [0, 0.05) is 28.3 Å². The molecule has 0 saturated heterocycles. The predicted octanol–water partition coefficient (Wildman–Crippen LogP) is 2.88. The van der Waals surface area contributed by atoms with Crippen LogP contribution in [0.2, 0.25) is 5.02 Å². The minimum absolute atomic E-state index is 0.251. The zero-order valence-electron chi connectivity index (χ0n) is 8.69. The van der Waals surface area contributed by atoms with Gasteiger partial charge in [0.1, 0.15) is 0 Å². The molecule has 0 spiro atoms. The molecule has 0 aliphatic heterocycles. The van der Waals surface area contributed by atoms with Crippen LogP contribution in [-0.2, 0) is 7.05 Å². The van der Waals surface area contributed by atoms with Crippen molar-refractivity contribution in [3.63, 3.8) is 0 Å². The topological polar surface area (TPSA) is 43.8 Å². The zero-order chi connectivity index (χ0) is 11.7. The lowest BCUT2D eigenvalue weighted by Gasteiger charge is -2.12. The van der Waals surface area contributed by atoms with Crippen molar-refractivity contribution in [3.05, 3.63) is 51.2 Å². The van der Waals surface area contributed by atoms with Crippen LogP contribution in [0.4, 0.5) is 0 Å². The van der Waals surface area contributed by atoms with E-state index in [0.29, 0.717) is 5.02 Å². The largest absolute Gasteiger partial charge is 0.320 e. The van der Waals surface area contributed by atoms with Crippen molar-refractivity contribution in [2.45, 2.75) is 6.04 Å². The molecular formula is C11H11BrClN3. The Morgan fingerprint density at radius 2 is 2.25 bits per heavy atom. The van der Waals surface area contributed by atoms with Gasteiger partial charge in [0.2, 0.25) is 0 Å². The molecule has 1 heterocycles.